The van der Waals surface area contributed by atoms with E-state index in [1.165, 1.54) is 11.1 Å². The maximum Gasteiger partial charge on any atom is 0.231 e. The van der Waals surface area contributed by atoms with Gasteiger partial charge >= 0.3 is 0 Å². The minimum Gasteiger partial charge on any atom is -0.338 e. The minimum absolute atomic E-state index is 0.472. The lowest BCUT2D eigenvalue weighted by Gasteiger charge is -2.11. The second kappa shape index (κ2) is 6.76. The quantitative estimate of drug-likeness (QED) is 0.568. The lowest BCUT2D eigenvalue weighted by molar-refractivity contribution is 1.15. The summed E-state index contributed by atoms with van der Waals surface area (Å²) in [5.74, 6) is 1.08. The van der Waals surface area contributed by atoms with Gasteiger partial charge in [0, 0.05) is 23.8 Å². The van der Waals surface area contributed by atoms with E-state index in [9.17, 15) is 0 Å². The first-order valence-electron chi connectivity index (χ1n) is 8.34. The molecule has 4 aromatic rings. The van der Waals surface area contributed by atoms with Crippen LogP contribution in [0, 0.1) is 13.8 Å². The number of nitrogens with zero attached hydrogens (tertiary/aromatic N) is 4. The van der Waals surface area contributed by atoms with Gasteiger partial charge in [0.25, 0.3) is 0 Å². The van der Waals surface area contributed by atoms with Gasteiger partial charge in [-0.25, -0.2) is 9.97 Å². The Balaban J connectivity index is 1.74. The Hall–Kier alpha value is -3.54. The molecule has 0 fully saturated rings. The molecule has 6 heteroatoms. The van der Waals surface area contributed by atoms with Crippen molar-refractivity contribution in [3.63, 3.8) is 0 Å². The summed E-state index contributed by atoms with van der Waals surface area (Å²) < 4.78 is 0. The van der Waals surface area contributed by atoms with E-state index in [2.05, 4.69) is 56.5 Å². The Morgan fingerprint density at radius 2 is 1.54 bits per heavy atom. The van der Waals surface area contributed by atoms with Gasteiger partial charge in [0.05, 0.1) is 0 Å². The Morgan fingerprint density at radius 3 is 2.35 bits per heavy atom. The third-order valence-electron chi connectivity index (χ3n) is 4.13. The summed E-state index contributed by atoms with van der Waals surface area (Å²) in [5.41, 5.74) is 5.47. The van der Waals surface area contributed by atoms with Crippen LogP contribution in [-0.2, 0) is 0 Å². The molecule has 2 heterocycles. The molecule has 0 saturated carbocycles. The molecule has 0 atom stereocenters. The molecule has 0 spiro atoms. The summed E-state index contributed by atoms with van der Waals surface area (Å²) in [5, 5.41) is 6.56. The average Bonchev–Trinajstić information content (AvgIpc) is 2.66. The van der Waals surface area contributed by atoms with Crippen LogP contribution in [0.15, 0.2) is 60.9 Å². The molecule has 0 aliphatic carbocycles. The van der Waals surface area contributed by atoms with Crippen molar-refractivity contribution in [3.05, 3.63) is 72.1 Å². The number of anilines is 4. The topological polar surface area (TPSA) is 75.6 Å². The molecule has 0 saturated heterocycles. The Morgan fingerprint density at radius 1 is 0.731 bits per heavy atom. The first-order chi connectivity index (χ1) is 12.7. The number of fused-ring (bicyclic) bond motifs is 1. The number of benzene rings is 2. The van der Waals surface area contributed by atoms with Crippen molar-refractivity contribution < 1.29 is 0 Å². The van der Waals surface area contributed by atoms with Crippen molar-refractivity contribution in [1.29, 1.82) is 0 Å². The van der Waals surface area contributed by atoms with Crippen LogP contribution in [0.2, 0.25) is 0 Å². The highest BCUT2D eigenvalue weighted by molar-refractivity contribution is 5.85. The molecular weight excluding hydrogens is 324 g/mol. The molecule has 0 amide bonds. The molecule has 2 N–H and O–H groups in total. The number of aryl methyl sites for hydroxylation is 2. The Bertz CT molecular complexity index is 1060. The molecule has 26 heavy (non-hydrogen) atoms. The molecule has 0 unspecified atom stereocenters. The molecule has 128 valence electrons. The van der Waals surface area contributed by atoms with E-state index in [-0.39, 0.29) is 0 Å². The highest BCUT2D eigenvalue weighted by atomic mass is 15.2. The summed E-state index contributed by atoms with van der Waals surface area (Å²) in [6.07, 6.45) is 3.26. The molecule has 4 rings (SSSR count). The van der Waals surface area contributed by atoms with Gasteiger partial charge < -0.3 is 10.6 Å². The average molecular weight is 342 g/mol. The van der Waals surface area contributed by atoms with Crippen molar-refractivity contribution in [2.45, 2.75) is 13.8 Å². The van der Waals surface area contributed by atoms with E-state index in [1.807, 2.05) is 36.4 Å². The van der Waals surface area contributed by atoms with Gasteiger partial charge in [-0.3, -0.25) is 0 Å². The van der Waals surface area contributed by atoms with Crippen LogP contribution in [0.5, 0.6) is 0 Å². The highest BCUT2D eigenvalue weighted by Gasteiger charge is 2.10. The van der Waals surface area contributed by atoms with E-state index < -0.39 is 0 Å². The standard InChI is InChI=1S/C20H18N6/c1-13-8-9-16(12-14(13)2)24-20-25-18-17(21-10-11-22-18)19(26-20)23-15-6-4-3-5-7-15/h3-12H,1-2H3,(H2,22,23,24,25,26). The third kappa shape index (κ3) is 3.30. The summed E-state index contributed by atoms with van der Waals surface area (Å²) >= 11 is 0. The second-order valence-electron chi connectivity index (χ2n) is 6.04. The van der Waals surface area contributed by atoms with Crippen LogP contribution in [0.25, 0.3) is 11.2 Å². The summed E-state index contributed by atoms with van der Waals surface area (Å²) in [6.45, 7) is 4.17. The number of hydrogen-bond acceptors (Lipinski definition) is 6. The van der Waals surface area contributed by atoms with Crippen molar-refractivity contribution >= 4 is 34.3 Å². The van der Waals surface area contributed by atoms with Gasteiger partial charge in [-0.05, 0) is 49.2 Å². The van der Waals surface area contributed by atoms with E-state index in [1.54, 1.807) is 12.4 Å². The van der Waals surface area contributed by atoms with Crippen LogP contribution >= 0.6 is 0 Å². The van der Waals surface area contributed by atoms with Gasteiger partial charge in [0.2, 0.25) is 5.95 Å². The van der Waals surface area contributed by atoms with Crippen molar-refractivity contribution in [3.8, 4) is 0 Å². The zero-order valence-corrected chi connectivity index (χ0v) is 14.6. The fraction of sp³-hybridized carbons (Fsp3) is 0.100. The van der Waals surface area contributed by atoms with Gasteiger partial charge in [-0.15, -0.1) is 0 Å². The second-order valence-corrected chi connectivity index (χ2v) is 6.04. The van der Waals surface area contributed by atoms with E-state index in [4.69, 9.17) is 0 Å². The van der Waals surface area contributed by atoms with Crippen LogP contribution in [0.1, 0.15) is 11.1 Å². The van der Waals surface area contributed by atoms with E-state index in [0.29, 0.717) is 22.9 Å². The molecule has 6 nitrogen and oxygen atoms in total. The summed E-state index contributed by atoms with van der Waals surface area (Å²) in [4.78, 5) is 17.8. The first-order valence-corrected chi connectivity index (χ1v) is 8.34. The van der Waals surface area contributed by atoms with Gasteiger partial charge in [-0.2, -0.15) is 9.97 Å². The summed E-state index contributed by atoms with van der Waals surface area (Å²) in [6, 6.07) is 16.0. The normalized spacial score (nSPS) is 10.7. The van der Waals surface area contributed by atoms with Crippen LogP contribution in [-0.4, -0.2) is 19.9 Å². The number of hydrogen-bond donors (Lipinski definition) is 2. The zero-order chi connectivity index (χ0) is 17.9. The fourth-order valence-electron chi connectivity index (χ4n) is 2.61. The number of aromatic nitrogens is 4. The smallest absolute Gasteiger partial charge is 0.231 e. The van der Waals surface area contributed by atoms with Crippen molar-refractivity contribution in [2.24, 2.45) is 0 Å². The first kappa shape index (κ1) is 16.0. The molecule has 0 radical (unpaired) electrons. The fourth-order valence-corrected chi connectivity index (χ4v) is 2.61. The third-order valence-corrected chi connectivity index (χ3v) is 4.13. The largest absolute Gasteiger partial charge is 0.338 e. The van der Waals surface area contributed by atoms with Crippen LogP contribution in [0.4, 0.5) is 23.1 Å². The maximum absolute atomic E-state index is 4.61. The van der Waals surface area contributed by atoms with Gasteiger partial charge in [0.15, 0.2) is 17.0 Å². The zero-order valence-electron chi connectivity index (χ0n) is 14.6. The highest BCUT2D eigenvalue weighted by Crippen LogP contribution is 2.24. The predicted molar refractivity (Wildman–Crippen MR) is 104 cm³/mol. The summed E-state index contributed by atoms with van der Waals surface area (Å²) in [7, 11) is 0. The molecular formula is C20H18N6. The number of nitrogens with one attached hydrogen (secondary N) is 2. The van der Waals surface area contributed by atoms with Gasteiger partial charge in [-0.1, -0.05) is 24.3 Å². The predicted octanol–water partition coefficient (Wildman–Crippen LogP) is 4.52. The lowest BCUT2D eigenvalue weighted by atomic mass is 10.1. The molecule has 0 aliphatic rings. The molecule has 0 bridgehead atoms. The van der Waals surface area contributed by atoms with E-state index >= 15 is 0 Å². The monoisotopic (exact) mass is 342 g/mol. The SMILES string of the molecule is Cc1ccc(Nc2nc(Nc3ccccc3)c3nccnc3n2)cc1C. The van der Waals surface area contributed by atoms with Crippen LogP contribution < -0.4 is 10.6 Å². The number of para-hydroxylation sites is 1. The molecule has 2 aromatic heterocycles. The van der Waals surface area contributed by atoms with Gasteiger partial charge in [0.1, 0.15) is 0 Å². The Kier molecular flexibility index (Phi) is 4.15. The maximum atomic E-state index is 4.61. The Labute approximate surface area is 151 Å². The molecule has 2 aromatic carbocycles. The number of rotatable bonds is 4. The van der Waals surface area contributed by atoms with E-state index in [0.717, 1.165) is 11.4 Å². The minimum atomic E-state index is 0.472. The van der Waals surface area contributed by atoms with Crippen molar-refractivity contribution in [2.75, 3.05) is 10.6 Å². The molecule has 0 aliphatic heterocycles. The van der Waals surface area contributed by atoms with Crippen molar-refractivity contribution in [1.82, 2.24) is 19.9 Å². The van der Waals surface area contributed by atoms with Crippen LogP contribution in [0.3, 0.4) is 0 Å². The lowest BCUT2D eigenvalue weighted by Crippen LogP contribution is -2.04.